The van der Waals surface area contributed by atoms with Crippen molar-refractivity contribution in [3.63, 3.8) is 0 Å². The summed E-state index contributed by atoms with van der Waals surface area (Å²) in [5.41, 5.74) is 4.61. The minimum absolute atomic E-state index is 0.0385. The maximum Gasteiger partial charge on any atom is 0.293 e. The fraction of sp³-hybridized carbons (Fsp3) is 0.489. The normalized spacial score (nSPS) is 21.8. The van der Waals surface area contributed by atoms with Crippen molar-refractivity contribution >= 4 is 55.1 Å². The number of halogens is 1. The number of H-pyrrole nitrogens is 1. The standard InChI is InChI=1S/C45H54FN9O6S/c1-29-20-32(21-29)36-25-44(2,3)10-8-31(36)27-52-14-16-53(17-15-52)33-4-6-35(39(23-33)54-40-22-30-9-13-47-42(30)50-38(40)26-49-54)43(56)51-62(59,60)34-5-7-37(41(24-34)55(57)58)48-28-45(46)11-18-61-19-12-45/h4-7,9,13,22-24,26,29,32,48-49H,8,10-12,14-21,25,27-28H2,1-3H3,(H,51,56). The minimum Gasteiger partial charge on any atom is -0.381 e. The van der Waals surface area contributed by atoms with Crippen LogP contribution in [0.1, 0.15) is 76.1 Å². The van der Waals surface area contributed by atoms with Gasteiger partial charge in [-0.25, -0.2) is 27.5 Å². The predicted molar refractivity (Wildman–Crippen MR) is 236 cm³/mol. The zero-order valence-electron chi connectivity index (χ0n) is 35.5. The first-order chi connectivity index (χ1) is 29.6. The van der Waals surface area contributed by atoms with Crippen molar-refractivity contribution < 1.29 is 27.3 Å². The Hall–Kier alpha value is -5.39. The number of aromatic nitrogens is 4. The topological polar surface area (TPSA) is 181 Å². The Labute approximate surface area is 360 Å². The Morgan fingerprint density at radius 2 is 1.82 bits per heavy atom. The van der Waals surface area contributed by atoms with Crippen LogP contribution in [0.25, 0.3) is 27.8 Å². The van der Waals surface area contributed by atoms with Crippen molar-refractivity contribution in [2.75, 3.05) is 62.7 Å². The molecule has 62 heavy (non-hydrogen) atoms. The average molecular weight is 868 g/mol. The number of hydrogen-bond donors (Lipinski definition) is 3. The van der Waals surface area contributed by atoms with Crippen LogP contribution in [0.2, 0.25) is 0 Å². The number of allylic oxidation sites excluding steroid dienone is 1. The highest BCUT2D eigenvalue weighted by molar-refractivity contribution is 7.90. The van der Waals surface area contributed by atoms with Gasteiger partial charge >= 0.3 is 0 Å². The van der Waals surface area contributed by atoms with Gasteiger partial charge in [0.05, 0.1) is 26.6 Å². The van der Waals surface area contributed by atoms with E-state index in [2.05, 4.69) is 55.7 Å². The molecule has 4 aliphatic rings. The van der Waals surface area contributed by atoms with Crippen LogP contribution in [0, 0.1) is 27.4 Å². The van der Waals surface area contributed by atoms with Crippen LogP contribution in [-0.4, -0.2) is 102 Å². The molecule has 3 aromatic heterocycles. The van der Waals surface area contributed by atoms with Gasteiger partial charge < -0.3 is 15.0 Å². The molecular formula is C45H54FN9O6S. The van der Waals surface area contributed by atoms with Crippen molar-refractivity contribution in [3.8, 4) is 5.69 Å². The summed E-state index contributed by atoms with van der Waals surface area (Å²) >= 11 is 0. The lowest BCUT2D eigenvalue weighted by Gasteiger charge is -2.44. The molecule has 1 saturated carbocycles. The fourth-order valence-corrected chi connectivity index (χ4v) is 10.7. The number of alkyl halides is 1. The van der Waals surface area contributed by atoms with E-state index in [-0.39, 0.29) is 43.9 Å². The summed E-state index contributed by atoms with van der Waals surface area (Å²) in [4.78, 5) is 38.9. The largest absolute Gasteiger partial charge is 0.381 e. The van der Waals surface area contributed by atoms with Crippen molar-refractivity contribution in [2.24, 2.45) is 17.3 Å². The van der Waals surface area contributed by atoms with E-state index in [0.29, 0.717) is 27.8 Å². The second-order valence-electron chi connectivity index (χ2n) is 18.6. The maximum absolute atomic E-state index is 15.3. The number of carbonyl (C=O) groups is 1. The molecule has 9 rings (SSSR count). The van der Waals surface area contributed by atoms with E-state index in [4.69, 9.17) is 4.74 Å². The van der Waals surface area contributed by atoms with Crippen molar-refractivity contribution in [1.82, 2.24) is 29.4 Å². The molecule has 0 radical (unpaired) electrons. The van der Waals surface area contributed by atoms with Gasteiger partial charge in [-0.3, -0.25) is 29.6 Å². The summed E-state index contributed by atoms with van der Waals surface area (Å²) < 4.78 is 52.0. The lowest BCUT2D eigenvalue weighted by atomic mass is 9.63. The summed E-state index contributed by atoms with van der Waals surface area (Å²) in [6.07, 6.45) is 9.82. The first kappa shape index (κ1) is 41.9. The number of nitrogens with one attached hydrogen (secondary N) is 3. The summed E-state index contributed by atoms with van der Waals surface area (Å²) in [7, 11) is -4.63. The first-order valence-corrected chi connectivity index (χ1v) is 23.1. The third-order valence-corrected chi connectivity index (χ3v) is 14.8. The fourth-order valence-electron chi connectivity index (χ4n) is 9.71. The molecule has 1 amide bonds. The zero-order valence-corrected chi connectivity index (χ0v) is 36.3. The molecule has 5 heterocycles. The molecule has 2 aliphatic heterocycles. The van der Waals surface area contributed by atoms with Crippen LogP contribution in [0.4, 0.5) is 21.5 Å². The van der Waals surface area contributed by atoms with Crippen LogP contribution in [0.3, 0.4) is 0 Å². The van der Waals surface area contributed by atoms with E-state index >= 15 is 4.39 Å². The number of anilines is 2. The Balaban J connectivity index is 0.972. The Morgan fingerprint density at radius 1 is 1.05 bits per heavy atom. The number of nitro benzene ring substituents is 1. The highest BCUT2D eigenvalue weighted by atomic mass is 32.2. The summed E-state index contributed by atoms with van der Waals surface area (Å²) in [5.74, 6) is 0.610. The quantitative estimate of drug-likeness (QED) is 0.0641. The molecule has 328 valence electrons. The number of benzene rings is 2. The van der Waals surface area contributed by atoms with Gasteiger partial charge in [0.2, 0.25) is 0 Å². The van der Waals surface area contributed by atoms with Crippen LogP contribution in [0.15, 0.2) is 77.0 Å². The first-order valence-electron chi connectivity index (χ1n) is 21.6. The Bertz CT molecular complexity index is 2670. The van der Waals surface area contributed by atoms with Crippen molar-refractivity contribution in [1.29, 1.82) is 0 Å². The van der Waals surface area contributed by atoms with Crippen molar-refractivity contribution in [3.05, 3.63) is 87.7 Å². The molecule has 3 N–H and O–H groups in total. The van der Waals surface area contributed by atoms with Gasteiger partial charge in [0, 0.05) is 94.9 Å². The Kier molecular flexibility index (Phi) is 11.1. The van der Waals surface area contributed by atoms with E-state index < -0.39 is 37.1 Å². The van der Waals surface area contributed by atoms with Gasteiger partial charge in [0.1, 0.15) is 16.9 Å². The molecule has 15 nitrogen and oxygen atoms in total. The average Bonchev–Trinajstić information content (AvgIpc) is 3.88. The van der Waals surface area contributed by atoms with Crippen LogP contribution in [0.5, 0.6) is 0 Å². The van der Waals surface area contributed by atoms with Gasteiger partial charge in [-0.15, -0.1) is 0 Å². The second kappa shape index (κ2) is 16.4. The number of carbonyl (C=O) groups excluding carboxylic acids is 1. The van der Waals surface area contributed by atoms with E-state index in [1.807, 2.05) is 24.3 Å². The highest BCUT2D eigenvalue weighted by Crippen LogP contribution is 2.49. The number of fused-ring (bicyclic) bond motifs is 2. The molecule has 2 aliphatic carbocycles. The number of hydrogen-bond acceptors (Lipinski definition) is 11. The monoisotopic (exact) mass is 867 g/mol. The number of aromatic amines is 1. The highest BCUT2D eigenvalue weighted by Gasteiger charge is 2.37. The zero-order chi connectivity index (χ0) is 43.4. The number of amides is 1. The van der Waals surface area contributed by atoms with Gasteiger partial charge in [-0.1, -0.05) is 31.9 Å². The number of piperazine rings is 1. The predicted octanol–water partition coefficient (Wildman–Crippen LogP) is 7.53. The molecule has 2 aromatic carbocycles. The van der Waals surface area contributed by atoms with Gasteiger partial charge in [-0.2, -0.15) is 0 Å². The minimum atomic E-state index is -4.63. The molecular weight excluding hydrogens is 814 g/mol. The van der Waals surface area contributed by atoms with E-state index in [1.54, 1.807) is 34.3 Å². The molecule has 0 unspecified atom stereocenters. The molecule has 3 fully saturated rings. The van der Waals surface area contributed by atoms with E-state index in [9.17, 15) is 23.3 Å². The maximum atomic E-state index is 15.3. The SMILES string of the molecule is CC1CC(C2=C(CN3CCN(c4ccc(C(=O)NS(=O)(=O)c5ccc(NCC6(F)CCOCC6)c([N+](=O)[O-])c5)c(-n5[nH]cc6nc7nccc7cc65)c4)CC3)CCC(C)(C)C2)C1. The molecule has 17 heteroatoms. The van der Waals surface area contributed by atoms with E-state index in [0.717, 1.165) is 74.2 Å². The third-order valence-electron chi connectivity index (χ3n) is 13.5. The molecule has 0 spiro atoms. The number of pyridine rings is 1. The summed E-state index contributed by atoms with van der Waals surface area (Å²) in [6.45, 7) is 11.7. The van der Waals surface area contributed by atoms with Gasteiger partial charge in [-0.05, 0) is 91.8 Å². The number of sulfonamides is 1. The lowest BCUT2D eigenvalue weighted by molar-refractivity contribution is -0.384. The van der Waals surface area contributed by atoms with E-state index in [1.165, 1.54) is 31.7 Å². The van der Waals surface area contributed by atoms with Crippen molar-refractivity contribution in [2.45, 2.75) is 76.3 Å². The molecule has 2 saturated heterocycles. The van der Waals surface area contributed by atoms with Crippen LogP contribution < -0.4 is 14.9 Å². The number of ether oxygens (including phenoxy) is 1. The molecule has 0 atom stereocenters. The number of rotatable bonds is 12. The Morgan fingerprint density at radius 3 is 2.56 bits per heavy atom. The number of nitro groups is 1. The number of nitrogens with zero attached hydrogens (tertiary/aromatic N) is 6. The van der Waals surface area contributed by atoms with Gasteiger partial charge in [0.25, 0.3) is 21.6 Å². The molecule has 5 aromatic rings. The summed E-state index contributed by atoms with van der Waals surface area (Å²) in [6, 6.07) is 12.3. The second-order valence-corrected chi connectivity index (χ2v) is 20.2. The smallest absolute Gasteiger partial charge is 0.293 e. The van der Waals surface area contributed by atoms with Crippen LogP contribution >= 0.6 is 0 Å². The van der Waals surface area contributed by atoms with Crippen LogP contribution in [-0.2, 0) is 14.8 Å². The van der Waals surface area contributed by atoms with Gasteiger partial charge in [0.15, 0.2) is 5.65 Å². The molecule has 0 bridgehead atoms. The lowest BCUT2D eigenvalue weighted by Crippen LogP contribution is -2.47. The third kappa shape index (κ3) is 8.53. The summed E-state index contributed by atoms with van der Waals surface area (Å²) in [5, 5.41) is 18.9.